The number of carbonyl (C=O) groups is 1. The van der Waals surface area contributed by atoms with Crippen molar-refractivity contribution in [2.24, 2.45) is 0 Å². The van der Waals surface area contributed by atoms with Gasteiger partial charge in [0.2, 0.25) is 11.7 Å². The molecule has 0 bridgehead atoms. The molecule has 0 fully saturated rings. The van der Waals surface area contributed by atoms with E-state index in [1.54, 1.807) is 19.9 Å². The summed E-state index contributed by atoms with van der Waals surface area (Å²) in [5.41, 5.74) is 0.737. The van der Waals surface area contributed by atoms with Gasteiger partial charge in [0.15, 0.2) is 6.10 Å². The van der Waals surface area contributed by atoms with Gasteiger partial charge in [-0.05, 0) is 13.3 Å². The van der Waals surface area contributed by atoms with Crippen LogP contribution in [0.15, 0.2) is 15.0 Å². The third-order valence-electron chi connectivity index (χ3n) is 3.02. The van der Waals surface area contributed by atoms with Gasteiger partial charge in [0.1, 0.15) is 0 Å². The second kappa shape index (κ2) is 5.85. The molecule has 0 aliphatic rings. The number of carbonyl (C=O) groups excluding carboxylic acids is 1. The zero-order chi connectivity index (χ0) is 14.7. The van der Waals surface area contributed by atoms with Crippen LogP contribution in [0.2, 0.25) is 0 Å². The molecule has 20 heavy (non-hydrogen) atoms. The van der Waals surface area contributed by atoms with Gasteiger partial charge in [0, 0.05) is 18.9 Å². The lowest BCUT2D eigenvalue weighted by atomic mass is 10.1. The minimum Gasteiger partial charge on any atom is -0.447 e. The Bertz CT molecular complexity index is 590. The number of hydrogen-bond donors (Lipinski definition) is 0. The van der Waals surface area contributed by atoms with E-state index in [2.05, 4.69) is 15.4 Å². The van der Waals surface area contributed by atoms with Gasteiger partial charge >= 0.3 is 5.97 Å². The zero-order valence-electron chi connectivity index (χ0n) is 11.9. The monoisotopic (exact) mass is 279 g/mol. The lowest BCUT2D eigenvalue weighted by Crippen LogP contribution is -2.08. The first-order chi connectivity index (χ1) is 9.51. The fraction of sp³-hybridized carbons (Fsp3) is 0.538. The second-order valence-corrected chi connectivity index (χ2v) is 4.63. The topological polar surface area (TPSA) is 91.2 Å². The first-order valence-electron chi connectivity index (χ1n) is 6.48. The highest BCUT2D eigenvalue weighted by Gasteiger charge is 2.22. The SMILES string of the molecule is CC[C@@H](C)c1cc(C(=O)O[C@@H](C)c2nnc(C)o2)on1. The van der Waals surface area contributed by atoms with Crippen LogP contribution in [-0.4, -0.2) is 21.3 Å². The van der Waals surface area contributed by atoms with E-state index < -0.39 is 12.1 Å². The first kappa shape index (κ1) is 14.2. The summed E-state index contributed by atoms with van der Waals surface area (Å²) in [4.78, 5) is 11.9. The molecule has 0 unspecified atom stereocenters. The maximum atomic E-state index is 11.9. The highest BCUT2D eigenvalue weighted by atomic mass is 16.6. The molecule has 0 aliphatic carbocycles. The average molecular weight is 279 g/mol. The summed E-state index contributed by atoms with van der Waals surface area (Å²) in [6, 6.07) is 1.60. The van der Waals surface area contributed by atoms with Gasteiger partial charge < -0.3 is 13.7 Å². The molecule has 2 aromatic rings. The van der Waals surface area contributed by atoms with Crippen molar-refractivity contribution in [1.29, 1.82) is 0 Å². The molecule has 0 radical (unpaired) electrons. The molecule has 0 saturated heterocycles. The van der Waals surface area contributed by atoms with Crippen LogP contribution in [0.25, 0.3) is 0 Å². The Labute approximate surface area is 116 Å². The molecule has 0 saturated carbocycles. The predicted octanol–water partition coefficient (Wildman–Crippen LogP) is 2.80. The molecule has 0 spiro atoms. The molecule has 108 valence electrons. The molecular formula is C13H17N3O4. The summed E-state index contributed by atoms with van der Waals surface area (Å²) in [6.45, 7) is 7.37. The van der Waals surface area contributed by atoms with Crippen molar-refractivity contribution in [2.75, 3.05) is 0 Å². The predicted molar refractivity (Wildman–Crippen MR) is 68.1 cm³/mol. The van der Waals surface area contributed by atoms with Crippen molar-refractivity contribution < 1.29 is 18.5 Å². The van der Waals surface area contributed by atoms with E-state index in [9.17, 15) is 4.79 Å². The summed E-state index contributed by atoms with van der Waals surface area (Å²) in [7, 11) is 0. The Hall–Kier alpha value is -2.18. The quantitative estimate of drug-likeness (QED) is 0.777. The molecule has 2 heterocycles. The molecule has 7 heteroatoms. The lowest BCUT2D eigenvalue weighted by molar-refractivity contribution is 0.0232. The Morgan fingerprint density at radius 2 is 2.15 bits per heavy atom. The van der Waals surface area contributed by atoms with Crippen LogP contribution < -0.4 is 0 Å². The molecule has 7 nitrogen and oxygen atoms in total. The lowest BCUT2D eigenvalue weighted by Gasteiger charge is -2.06. The fourth-order valence-electron chi connectivity index (χ4n) is 1.57. The van der Waals surface area contributed by atoms with E-state index in [1.165, 1.54) is 0 Å². The van der Waals surface area contributed by atoms with Gasteiger partial charge in [-0.25, -0.2) is 4.79 Å². The molecule has 0 amide bonds. The van der Waals surface area contributed by atoms with Gasteiger partial charge in [-0.15, -0.1) is 10.2 Å². The normalized spacial score (nSPS) is 14.0. The standard InChI is InChI=1S/C13H17N3O4/c1-5-7(2)10-6-11(20-16-10)13(17)18-8(3)12-15-14-9(4)19-12/h6-8H,5H2,1-4H3/t7-,8+/m1/s1. The van der Waals surface area contributed by atoms with Gasteiger partial charge in [-0.1, -0.05) is 19.0 Å². The summed E-state index contributed by atoms with van der Waals surface area (Å²) in [5.74, 6) is 0.370. The van der Waals surface area contributed by atoms with Gasteiger partial charge in [0.05, 0.1) is 5.69 Å². The number of nitrogens with zero attached hydrogens (tertiary/aromatic N) is 3. The summed E-state index contributed by atoms with van der Waals surface area (Å²) >= 11 is 0. The molecule has 0 aromatic carbocycles. The van der Waals surface area contributed by atoms with Gasteiger partial charge in [-0.2, -0.15) is 0 Å². The van der Waals surface area contributed by atoms with Crippen molar-refractivity contribution in [3.63, 3.8) is 0 Å². The van der Waals surface area contributed by atoms with E-state index in [0.717, 1.165) is 12.1 Å². The van der Waals surface area contributed by atoms with Crippen LogP contribution in [0, 0.1) is 6.92 Å². The molecule has 2 aromatic heterocycles. The highest BCUT2D eigenvalue weighted by Crippen LogP contribution is 2.21. The van der Waals surface area contributed by atoms with Gasteiger partial charge in [-0.3, -0.25) is 0 Å². The molecule has 0 N–H and O–H groups in total. The number of ether oxygens (including phenoxy) is 1. The number of aryl methyl sites for hydroxylation is 1. The summed E-state index contributed by atoms with van der Waals surface area (Å²) in [6.07, 6.45) is 0.277. The van der Waals surface area contributed by atoms with E-state index in [1.807, 2.05) is 13.8 Å². The van der Waals surface area contributed by atoms with Crippen LogP contribution in [0.1, 0.15) is 67.2 Å². The third-order valence-corrected chi connectivity index (χ3v) is 3.02. The number of esters is 1. The average Bonchev–Trinajstić information content (AvgIpc) is 3.06. The fourth-order valence-corrected chi connectivity index (χ4v) is 1.57. The van der Waals surface area contributed by atoms with Crippen LogP contribution >= 0.6 is 0 Å². The van der Waals surface area contributed by atoms with E-state index in [-0.39, 0.29) is 17.6 Å². The molecular weight excluding hydrogens is 262 g/mol. The molecule has 0 aliphatic heterocycles. The van der Waals surface area contributed by atoms with E-state index in [0.29, 0.717) is 5.89 Å². The first-order valence-corrected chi connectivity index (χ1v) is 6.48. The van der Waals surface area contributed by atoms with Crippen molar-refractivity contribution in [3.8, 4) is 0 Å². The summed E-state index contributed by atoms with van der Waals surface area (Å²) in [5, 5.41) is 11.3. The van der Waals surface area contributed by atoms with Crippen molar-refractivity contribution >= 4 is 5.97 Å². The Morgan fingerprint density at radius 3 is 2.75 bits per heavy atom. The molecule has 2 rings (SSSR count). The summed E-state index contributed by atoms with van der Waals surface area (Å²) < 4.78 is 15.4. The minimum atomic E-state index is -0.638. The number of aromatic nitrogens is 3. The Balaban J connectivity index is 2.03. The van der Waals surface area contributed by atoms with Crippen molar-refractivity contribution in [1.82, 2.24) is 15.4 Å². The minimum absolute atomic E-state index is 0.0726. The smallest absolute Gasteiger partial charge is 0.377 e. The van der Waals surface area contributed by atoms with Crippen LogP contribution in [-0.2, 0) is 4.74 Å². The van der Waals surface area contributed by atoms with Crippen molar-refractivity contribution in [3.05, 3.63) is 29.3 Å². The molecule has 2 atom stereocenters. The van der Waals surface area contributed by atoms with Crippen LogP contribution in [0.5, 0.6) is 0 Å². The van der Waals surface area contributed by atoms with E-state index >= 15 is 0 Å². The third kappa shape index (κ3) is 3.04. The second-order valence-electron chi connectivity index (χ2n) is 4.63. The Kier molecular flexibility index (Phi) is 4.16. The maximum Gasteiger partial charge on any atom is 0.377 e. The van der Waals surface area contributed by atoms with Crippen LogP contribution in [0.4, 0.5) is 0 Å². The Morgan fingerprint density at radius 1 is 1.40 bits per heavy atom. The maximum absolute atomic E-state index is 11.9. The van der Waals surface area contributed by atoms with Crippen LogP contribution in [0.3, 0.4) is 0 Å². The van der Waals surface area contributed by atoms with Crippen molar-refractivity contribution in [2.45, 2.75) is 46.1 Å². The highest BCUT2D eigenvalue weighted by molar-refractivity contribution is 5.86. The van der Waals surface area contributed by atoms with E-state index in [4.69, 9.17) is 13.7 Å². The largest absolute Gasteiger partial charge is 0.447 e. The zero-order valence-corrected chi connectivity index (χ0v) is 11.9. The van der Waals surface area contributed by atoms with Gasteiger partial charge in [0.25, 0.3) is 5.89 Å². The number of hydrogen-bond acceptors (Lipinski definition) is 7. The number of rotatable bonds is 5.